The van der Waals surface area contributed by atoms with Gasteiger partial charge in [0, 0.05) is 24.1 Å². The van der Waals surface area contributed by atoms with Crippen molar-refractivity contribution in [2.24, 2.45) is 7.05 Å². The zero-order chi connectivity index (χ0) is 15.0. The fourth-order valence-electron chi connectivity index (χ4n) is 2.42. The highest BCUT2D eigenvalue weighted by Crippen LogP contribution is 2.30. The van der Waals surface area contributed by atoms with Crippen LogP contribution in [0.4, 0.5) is 0 Å². The fourth-order valence-corrected chi connectivity index (χ4v) is 5.69. The molecule has 9 heteroatoms. The molecule has 3 heterocycles. The van der Waals surface area contributed by atoms with Crippen LogP contribution < -0.4 is 0 Å². The number of thioether (sulfide) groups is 1. The molecular formula is C12H16N4O2S3. The fraction of sp³-hybridized carbons (Fsp3) is 0.583. The summed E-state index contributed by atoms with van der Waals surface area (Å²) in [6, 6.07) is 0. The number of thiazole rings is 1. The highest BCUT2D eigenvalue weighted by Gasteiger charge is 2.32. The summed E-state index contributed by atoms with van der Waals surface area (Å²) < 4.78 is 25.1. The zero-order valence-electron chi connectivity index (χ0n) is 11.8. The van der Waals surface area contributed by atoms with E-state index in [-0.39, 0.29) is 17.4 Å². The summed E-state index contributed by atoms with van der Waals surface area (Å²) >= 11 is 3.21. The third kappa shape index (κ3) is 3.29. The molecule has 0 N–H and O–H groups in total. The highest BCUT2D eigenvalue weighted by molar-refractivity contribution is 7.98. The molecule has 1 fully saturated rings. The molecule has 114 valence electrons. The Morgan fingerprint density at radius 2 is 2.29 bits per heavy atom. The quantitative estimate of drug-likeness (QED) is 0.787. The normalized spacial score (nSPS) is 21.0. The third-order valence-electron chi connectivity index (χ3n) is 3.48. The van der Waals surface area contributed by atoms with Crippen LogP contribution in [0.5, 0.6) is 0 Å². The van der Waals surface area contributed by atoms with Gasteiger partial charge < -0.3 is 4.57 Å². The molecule has 0 saturated carbocycles. The summed E-state index contributed by atoms with van der Waals surface area (Å²) in [5.74, 6) is 1.94. The SMILES string of the molecule is Cc1nc(CSc2nnc([C@H]3CCS(=O)(=O)C3)n2C)cs1. The molecule has 1 aliphatic rings. The van der Waals surface area contributed by atoms with Crippen molar-refractivity contribution in [2.75, 3.05) is 11.5 Å². The molecule has 21 heavy (non-hydrogen) atoms. The second kappa shape index (κ2) is 5.69. The van der Waals surface area contributed by atoms with E-state index >= 15 is 0 Å². The van der Waals surface area contributed by atoms with Crippen molar-refractivity contribution < 1.29 is 8.42 Å². The van der Waals surface area contributed by atoms with E-state index in [1.807, 2.05) is 23.9 Å². The van der Waals surface area contributed by atoms with Gasteiger partial charge in [0.15, 0.2) is 15.0 Å². The van der Waals surface area contributed by atoms with E-state index in [9.17, 15) is 8.42 Å². The minimum atomic E-state index is -2.90. The van der Waals surface area contributed by atoms with Crippen molar-refractivity contribution in [1.29, 1.82) is 0 Å². The van der Waals surface area contributed by atoms with Crippen LogP contribution in [0.15, 0.2) is 10.5 Å². The Morgan fingerprint density at radius 1 is 1.48 bits per heavy atom. The molecule has 0 aliphatic carbocycles. The van der Waals surface area contributed by atoms with Gasteiger partial charge in [0.25, 0.3) is 0 Å². The Kier molecular flexibility index (Phi) is 4.06. The molecule has 6 nitrogen and oxygen atoms in total. The minimum absolute atomic E-state index is 0.0247. The Bertz CT molecular complexity index is 750. The molecule has 1 saturated heterocycles. The van der Waals surface area contributed by atoms with Crippen molar-refractivity contribution in [1.82, 2.24) is 19.7 Å². The van der Waals surface area contributed by atoms with Gasteiger partial charge in [-0.15, -0.1) is 21.5 Å². The maximum absolute atomic E-state index is 11.6. The van der Waals surface area contributed by atoms with Gasteiger partial charge in [-0.1, -0.05) is 11.8 Å². The van der Waals surface area contributed by atoms with Gasteiger partial charge >= 0.3 is 0 Å². The summed E-state index contributed by atoms with van der Waals surface area (Å²) in [7, 11) is -1.00. The van der Waals surface area contributed by atoms with E-state index in [1.165, 1.54) is 0 Å². The summed E-state index contributed by atoms with van der Waals surface area (Å²) in [6.45, 7) is 1.99. The van der Waals surface area contributed by atoms with Crippen LogP contribution in [0.25, 0.3) is 0 Å². The number of rotatable bonds is 4. The van der Waals surface area contributed by atoms with Crippen LogP contribution >= 0.6 is 23.1 Å². The van der Waals surface area contributed by atoms with Crippen molar-refractivity contribution in [3.8, 4) is 0 Å². The first kappa shape index (κ1) is 15.0. The molecule has 0 spiro atoms. The van der Waals surface area contributed by atoms with Crippen LogP contribution in [0.3, 0.4) is 0 Å². The molecule has 0 unspecified atom stereocenters. The van der Waals surface area contributed by atoms with Gasteiger partial charge in [-0.2, -0.15) is 0 Å². The van der Waals surface area contributed by atoms with Crippen molar-refractivity contribution in [3.63, 3.8) is 0 Å². The summed E-state index contributed by atoms with van der Waals surface area (Å²) in [4.78, 5) is 4.42. The molecule has 2 aromatic rings. The maximum atomic E-state index is 11.6. The van der Waals surface area contributed by atoms with E-state index in [0.29, 0.717) is 6.42 Å². The summed E-state index contributed by atoms with van der Waals surface area (Å²) in [5.41, 5.74) is 1.04. The van der Waals surface area contributed by atoms with Gasteiger partial charge in [-0.3, -0.25) is 0 Å². The van der Waals surface area contributed by atoms with Gasteiger partial charge in [-0.05, 0) is 13.3 Å². The maximum Gasteiger partial charge on any atom is 0.191 e. The van der Waals surface area contributed by atoms with Crippen molar-refractivity contribution in [2.45, 2.75) is 30.2 Å². The molecule has 3 rings (SSSR count). The number of nitrogens with zero attached hydrogens (tertiary/aromatic N) is 4. The van der Waals surface area contributed by atoms with Gasteiger partial charge in [0.05, 0.1) is 22.2 Å². The van der Waals surface area contributed by atoms with E-state index in [4.69, 9.17) is 0 Å². The molecule has 0 bridgehead atoms. The second-order valence-electron chi connectivity index (χ2n) is 5.15. The Morgan fingerprint density at radius 3 is 2.90 bits per heavy atom. The van der Waals surface area contributed by atoms with Crippen LogP contribution in [0.1, 0.15) is 28.9 Å². The molecular weight excluding hydrogens is 328 g/mol. The van der Waals surface area contributed by atoms with E-state index in [1.54, 1.807) is 23.1 Å². The number of hydrogen-bond acceptors (Lipinski definition) is 7. The average Bonchev–Trinajstić information content (AvgIpc) is 3.08. The number of aromatic nitrogens is 4. The molecule has 1 aliphatic heterocycles. The molecule has 0 aromatic carbocycles. The van der Waals surface area contributed by atoms with Crippen molar-refractivity contribution in [3.05, 3.63) is 21.9 Å². The number of hydrogen-bond donors (Lipinski definition) is 0. The highest BCUT2D eigenvalue weighted by atomic mass is 32.2. The number of aryl methyl sites for hydroxylation is 1. The van der Waals surface area contributed by atoms with Gasteiger partial charge in [-0.25, -0.2) is 13.4 Å². The summed E-state index contributed by atoms with van der Waals surface area (Å²) in [5, 5.41) is 12.3. The third-order valence-corrected chi connectivity index (χ3v) is 7.13. The van der Waals surface area contributed by atoms with Gasteiger partial charge in [0.1, 0.15) is 5.82 Å². The number of sulfone groups is 1. The van der Waals surface area contributed by atoms with Gasteiger partial charge in [0.2, 0.25) is 0 Å². The largest absolute Gasteiger partial charge is 0.309 e. The monoisotopic (exact) mass is 344 g/mol. The molecule has 1 atom stereocenters. The average molecular weight is 344 g/mol. The van der Waals surface area contributed by atoms with E-state index in [0.717, 1.165) is 27.4 Å². The Hall–Kier alpha value is -0.930. The first-order valence-electron chi connectivity index (χ1n) is 6.58. The molecule has 0 radical (unpaired) electrons. The Labute approximate surface area is 131 Å². The second-order valence-corrected chi connectivity index (χ2v) is 9.38. The standard InChI is InChI=1S/C12H16N4O2S3/c1-8-13-10(5-19-8)6-20-12-15-14-11(16(12)2)9-3-4-21(17,18)7-9/h5,9H,3-4,6-7H2,1-2H3/t9-/m0/s1. The topological polar surface area (TPSA) is 77.7 Å². The smallest absolute Gasteiger partial charge is 0.191 e. The molecule has 0 amide bonds. The summed E-state index contributed by atoms with van der Waals surface area (Å²) in [6.07, 6.45) is 0.643. The van der Waals surface area contributed by atoms with Crippen LogP contribution in [0.2, 0.25) is 0 Å². The van der Waals surface area contributed by atoms with Crippen LogP contribution in [-0.4, -0.2) is 39.7 Å². The Balaban J connectivity index is 1.71. The lowest BCUT2D eigenvalue weighted by atomic mass is 10.1. The minimum Gasteiger partial charge on any atom is -0.309 e. The lowest BCUT2D eigenvalue weighted by molar-refractivity contribution is 0.599. The van der Waals surface area contributed by atoms with Crippen LogP contribution in [-0.2, 0) is 22.6 Å². The molecule has 2 aromatic heterocycles. The lowest BCUT2D eigenvalue weighted by Crippen LogP contribution is -2.09. The first-order valence-corrected chi connectivity index (χ1v) is 10.3. The van der Waals surface area contributed by atoms with Crippen LogP contribution in [0, 0.1) is 6.92 Å². The van der Waals surface area contributed by atoms with E-state index in [2.05, 4.69) is 15.2 Å². The predicted molar refractivity (Wildman–Crippen MR) is 83.4 cm³/mol. The first-order chi connectivity index (χ1) is 9.94. The van der Waals surface area contributed by atoms with E-state index < -0.39 is 9.84 Å². The lowest BCUT2D eigenvalue weighted by Gasteiger charge is -2.07. The predicted octanol–water partition coefficient (Wildman–Crippen LogP) is 1.77. The van der Waals surface area contributed by atoms with Crippen molar-refractivity contribution >= 4 is 32.9 Å². The zero-order valence-corrected chi connectivity index (χ0v) is 14.3.